The van der Waals surface area contributed by atoms with Crippen LogP contribution in [-0.4, -0.2) is 56.4 Å². The molecule has 1 saturated heterocycles. The van der Waals surface area contributed by atoms with Gasteiger partial charge in [-0.25, -0.2) is 8.42 Å². The third-order valence-electron chi connectivity index (χ3n) is 2.14. The van der Waals surface area contributed by atoms with Crippen molar-refractivity contribution in [1.82, 2.24) is 9.62 Å². The smallest absolute Gasteiger partial charge is 0.211 e. The number of likely N-dealkylation sites (N-methyl/N-ethyl adjacent to an activating group) is 1. The molecule has 0 aromatic carbocycles. The standard InChI is InChI=1S/C6H14N2O3S/c1-8(12(2,10)11)5-3-7-4-6(5)9/h5-7,9H,3-4H2,1-2H3. The van der Waals surface area contributed by atoms with E-state index in [1.165, 1.54) is 11.4 Å². The summed E-state index contributed by atoms with van der Waals surface area (Å²) in [4.78, 5) is 0. The summed E-state index contributed by atoms with van der Waals surface area (Å²) >= 11 is 0. The second kappa shape index (κ2) is 3.29. The minimum Gasteiger partial charge on any atom is -0.390 e. The molecule has 1 rings (SSSR count). The van der Waals surface area contributed by atoms with Crippen molar-refractivity contribution in [2.45, 2.75) is 12.1 Å². The van der Waals surface area contributed by atoms with Crippen LogP contribution in [-0.2, 0) is 10.0 Å². The molecule has 0 spiro atoms. The molecule has 2 atom stereocenters. The molecule has 2 N–H and O–H groups in total. The molecule has 1 heterocycles. The lowest BCUT2D eigenvalue weighted by molar-refractivity contribution is 0.136. The summed E-state index contributed by atoms with van der Waals surface area (Å²) in [6.07, 6.45) is 0.544. The molecule has 2 unspecified atom stereocenters. The van der Waals surface area contributed by atoms with Crippen LogP contribution in [0.25, 0.3) is 0 Å². The third kappa shape index (κ3) is 1.95. The number of sulfonamides is 1. The van der Waals surface area contributed by atoms with Gasteiger partial charge in [0.05, 0.1) is 18.4 Å². The Morgan fingerprint density at radius 3 is 2.42 bits per heavy atom. The highest BCUT2D eigenvalue weighted by molar-refractivity contribution is 7.88. The van der Waals surface area contributed by atoms with E-state index in [2.05, 4.69) is 5.32 Å². The van der Waals surface area contributed by atoms with Crippen molar-refractivity contribution in [2.24, 2.45) is 0 Å². The summed E-state index contributed by atoms with van der Waals surface area (Å²) in [6.45, 7) is 0.981. The third-order valence-corrected chi connectivity index (χ3v) is 3.46. The Hall–Kier alpha value is -0.170. The van der Waals surface area contributed by atoms with Gasteiger partial charge in [-0.3, -0.25) is 0 Å². The van der Waals surface area contributed by atoms with Gasteiger partial charge in [-0.05, 0) is 0 Å². The molecule has 1 aliphatic rings. The molecule has 1 fully saturated rings. The average Bonchev–Trinajstić information content (AvgIpc) is 2.31. The van der Waals surface area contributed by atoms with E-state index in [0.717, 1.165) is 6.26 Å². The quantitative estimate of drug-likeness (QED) is 0.545. The van der Waals surface area contributed by atoms with Crippen LogP contribution < -0.4 is 5.32 Å². The maximum Gasteiger partial charge on any atom is 0.211 e. The minimum absolute atomic E-state index is 0.319. The lowest BCUT2D eigenvalue weighted by Gasteiger charge is -2.23. The van der Waals surface area contributed by atoms with Crippen molar-refractivity contribution < 1.29 is 13.5 Å². The van der Waals surface area contributed by atoms with Gasteiger partial charge < -0.3 is 10.4 Å². The van der Waals surface area contributed by atoms with Gasteiger partial charge in [0, 0.05) is 20.1 Å². The topological polar surface area (TPSA) is 69.6 Å². The van der Waals surface area contributed by atoms with E-state index in [1.54, 1.807) is 0 Å². The number of nitrogens with zero attached hydrogens (tertiary/aromatic N) is 1. The molecule has 1 aliphatic heterocycles. The first-order valence-corrected chi connectivity index (χ1v) is 5.59. The van der Waals surface area contributed by atoms with Crippen LogP contribution in [0.1, 0.15) is 0 Å². The van der Waals surface area contributed by atoms with Gasteiger partial charge >= 0.3 is 0 Å². The summed E-state index contributed by atoms with van der Waals surface area (Å²) in [5.74, 6) is 0. The number of nitrogens with one attached hydrogen (secondary N) is 1. The summed E-state index contributed by atoms with van der Waals surface area (Å²) < 4.78 is 23.3. The predicted molar refractivity (Wildman–Crippen MR) is 45.3 cm³/mol. The van der Waals surface area contributed by atoms with Gasteiger partial charge in [0.25, 0.3) is 0 Å². The van der Waals surface area contributed by atoms with E-state index < -0.39 is 16.1 Å². The molecule has 0 aromatic rings. The summed E-state index contributed by atoms with van der Waals surface area (Å²) in [5, 5.41) is 12.3. The normalized spacial score (nSPS) is 31.3. The average molecular weight is 194 g/mol. The van der Waals surface area contributed by atoms with Gasteiger partial charge in [-0.15, -0.1) is 0 Å². The Labute approximate surface area is 72.4 Å². The number of hydrogen-bond donors (Lipinski definition) is 2. The Morgan fingerprint density at radius 1 is 1.50 bits per heavy atom. The first kappa shape index (κ1) is 9.91. The number of rotatable bonds is 2. The van der Waals surface area contributed by atoms with Crippen LogP contribution in [0.4, 0.5) is 0 Å². The van der Waals surface area contributed by atoms with E-state index in [1.807, 2.05) is 0 Å². The maximum absolute atomic E-state index is 11.1. The number of hydrogen-bond acceptors (Lipinski definition) is 4. The second-order valence-corrected chi connectivity index (χ2v) is 5.11. The Balaban J connectivity index is 2.70. The highest BCUT2D eigenvalue weighted by atomic mass is 32.2. The van der Waals surface area contributed by atoms with Gasteiger partial charge in [0.15, 0.2) is 0 Å². The summed E-state index contributed by atoms with van der Waals surface area (Å²) in [6, 6.07) is -0.319. The number of aliphatic hydroxyl groups is 1. The van der Waals surface area contributed by atoms with Crippen LogP contribution in [0.5, 0.6) is 0 Å². The van der Waals surface area contributed by atoms with Crippen molar-refractivity contribution >= 4 is 10.0 Å². The van der Waals surface area contributed by atoms with Crippen LogP contribution in [0, 0.1) is 0 Å². The number of aliphatic hydroxyl groups excluding tert-OH is 1. The van der Waals surface area contributed by atoms with E-state index >= 15 is 0 Å². The Kier molecular flexibility index (Phi) is 2.72. The monoisotopic (exact) mass is 194 g/mol. The molecular formula is C6H14N2O3S. The zero-order chi connectivity index (χ0) is 9.35. The van der Waals surface area contributed by atoms with Crippen molar-refractivity contribution in [1.29, 1.82) is 0 Å². The largest absolute Gasteiger partial charge is 0.390 e. The highest BCUT2D eigenvalue weighted by Gasteiger charge is 2.32. The predicted octanol–water partition coefficient (Wildman–Crippen LogP) is -1.79. The van der Waals surface area contributed by atoms with E-state index in [-0.39, 0.29) is 6.04 Å². The van der Waals surface area contributed by atoms with E-state index in [4.69, 9.17) is 0 Å². The molecule has 6 heteroatoms. The van der Waals surface area contributed by atoms with E-state index in [0.29, 0.717) is 13.1 Å². The van der Waals surface area contributed by atoms with Crippen molar-refractivity contribution in [3.63, 3.8) is 0 Å². The second-order valence-electron chi connectivity index (χ2n) is 3.07. The zero-order valence-electron chi connectivity index (χ0n) is 7.19. The van der Waals surface area contributed by atoms with Crippen LogP contribution in [0.3, 0.4) is 0 Å². The zero-order valence-corrected chi connectivity index (χ0v) is 8.00. The molecule has 0 amide bonds. The van der Waals surface area contributed by atoms with E-state index in [9.17, 15) is 13.5 Å². The van der Waals surface area contributed by atoms with Gasteiger partial charge in [-0.1, -0.05) is 0 Å². The molecule has 5 nitrogen and oxygen atoms in total. The number of β-amino-alcohol motifs (C(OH)–C–C–N with tert-alkyl or cyclic N) is 1. The van der Waals surface area contributed by atoms with Gasteiger partial charge in [-0.2, -0.15) is 4.31 Å². The van der Waals surface area contributed by atoms with Crippen molar-refractivity contribution in [2.75, 3.05) is 26.4 Å². The van der Waals surface area contributed by atoms with Gasteiger partial charge in [0.1, 0.15) is 0 Å². The molecule has 72 valence electrons. The lowest BCUT2D eigenvalue weighted by atomic mass is 10.2. The van der Waals surface area contributed by atoms with Crippen LogP contribution in [0.15, 0.2) is 0 Å². The lowest BCUT2D eigenvalue weighted by Crippen LogP contribution is -2.43. The molecule has 0 bridgehead atoms. The Morgan fingerprint density at radius 2 is 2.08 bits per heavy atom. The molecule has 12 heavy (non-hydrogen) atoms. The Bertz CT molecular complexity index is 252. The molecule has 0 aliphatic carbocycles. The van der Waals surface area contributed by atoms with Crippen molar-refractivity contribution in [3.8, 4) is 0 Å². The first-order chi connectivity index (χ1) is 5.43. The summed E-state index contributed by atoms with van der Waals surface area (Å²) in [7, 11) is -1.70. The molecule has 0 radical (unpaired) electrons. The van der Waals surface area contributed by atoms with Crippen LogP contribution >= 0.6 is 0 Å². The van der Waals surface area contributed by atoms with Crippen LogP contribution in [0.2, 0.25) is 0 Å². The SMILES string of the molecule is CN(C1CNCC1O)S(C)(=O)=O. The highest BCUT2D eigenvalue weighted by Crippen LogP contribution is 2.10. The van der Waals surface area contributed by atoms with Crippen molar-refractivity contribution in [3.05, 3.63) is 0 Å². The molecule has 0 aromatic heterocycles. The first-order valence-electron chi connectivity index (χ1n) is 3.74. The fourth-order valence-corrected chi connectivity index (χ4v) is 1.97. The summed E-state index contributed by atoms with van der Waals surface area (Å²) in [5.41, 5.74) is 0. The minimum atomic E-state index is -3.19. The van der Waals surface area contributed by atoms with Gasteiger partial charge in [0.2, 0.25) is 10.0 Å². The fraction of sp³-hybridized carbons (Fsp3) is 1.00. The molecular weight excluding hydrogens is 180 g/mol. The fourth-order valence-electron chi connectivity index (χ4n) is 1.27. The molecule has 0 saturated carbocycles. The maximum atomic E-state index is 11.1.